The van der Waals surface area contributed by atoms with Crippen molar-refractivity contribution in [2.75, 3.05) is 0 Å². The monoisotopic (exact) mass is 726 g/mol. The molecule has 3 aliphatic rings. The van der Waals surface area contributed by atoms with Gasteiger partial charge in [-0.2, -0.15) is 0 Å². The van der Waals surface area contributed by atoms with Crippen molar-refractivity contribution in [2.45, 2.75) is 18.3 Å². The summed E-state index contributed by atoms with van der Waals surface area (Å²) in [6.45, 7) is 0. The van der Waals surface area contributed by atoms with E-state index in [-0.39, 0.29) is 0 Å². The molecule has 3 aliphatic carbocycles. The van der Waals surface area contributed by atoms with Gasteiger partial charge in [-0.1, -0.05) is 206 Å². The minimum Gasteiger partial charge on any atom is -0.0842 e. The Morgan fingerprint density at radius 1 is 0.333 bits per heavy atom. The molecular formula is C57H42. The molecule has 0 heteroatoms. The van der Waals surface area contributed by atoms with Gasteiger partial charge in [0.1, 0.15) is 0 Å². The van der Waals surface area contributed by atoms with Crippen LogP contribution in [0.15, 0.2) is 194 Å². The van der Waals surface area contributed by atoms with Crippen LogP contribution in [0.25, 0.3) is 64.8 Å². The highest BCUT2D eigenvalue weighted by Gasteiger charge is 2.52. The van der Waals surface area contributed by atoms with E-state index < -0.39 is 5.41 Å². The molecule has 1 spiro atoms. The molecule has 0 fully saturated rings. The average molecular weight is 727 g/mol. The predicted octanol–water partition coefficient (Wildman–Crippen LogP) is 14.8. The van der Waals surface area contributed by atoms with Gasteiger partial charge in [-0.15, -0.1) is 0 Å². The van der Waals surface area contributed by atoms with Crippen LogP contribution < -0.4 is 0 Å². The number of fused-ring (bicyclic) bond motifs is 10. The standard InChI is InChI=1S/C57H42/c1-5-13-41(14-6-1)21-25-45-29-33-49-50-34-30-46(26-22-42-15-7-2-8-16-42)38-54(50)57(53(49)37-45)55-39-47(27-23-43-17-9-3-10-18-43)31-35-51(55)52-36-32-48(40-56(52)57)28-24-44-19-11-4-12-20-44/h1-11,13-19,21-40H,12,20H2. The van der Waals surface area contributed by atoms with Crippen molar-refractivity contribution in [2.24, 2.45) is 0 Å². The minimum atomic E-state index is -0.518. The molecule has 0 radical (unpaired) electrons. The van der Waals surface area contributed by atoms with E-state index in [4.69, 9.17) is 0 Å². The van der Waals surface area contributed by atoms with E-state index in [0.717, 1.165) is 12.8 Å². The molecular weight excluding hydrogens is 685 g/mol. The molecule has 0 saturated heterocycles. The maximum Gasteiger partial charge on any atom is 0.0726 e. The fourth-order valence-corrected chi connectivity index (χ4v) is 8.95. The van der Waals surface area contributed by atoms with E-state index in [1.165, 1.54) is 89.0 Å². The van der Waals surface area contributed by atoms with Gasteiger partial charge in [0, 0.05) is 0 Å². The Balaban J connectivity index is 1.21. The van der Waals surface area contributed by atoms with E-state index in [1.54, 1.807) is 0 Å². The van der Waals surface area contributed by atoms with Crippen LogP contribution in [0.2, 0.25) is 0 Å². The Morgan fingerprint density at radius 2 is 0.667 bits per heavy atom. The lowest BCUT2D eigenvalue weighted by Gasteiger charge is -2.31. The Hall–Kier alpha value is -7.02. The first-order valence-corrected chi connectivity index (χ1v) is 20.0. The third kappa shape index (κ3) is 6.50. The summed E-state index contributed by atoms with van der Waals surface area (Å²) in [6.07, 6.45) is 26.9. The van der Waals surface area contributed by atoms with Gasteiger partial charge in [-0.3, -0.25) is 0 Å². The molecule has 0 N–H and O–H groups in total. The zero-order chi connectivity index (χ0) is 38.0. The first-order valence-electron chi connectivity index (χ1n) is 20.0. The second-order valence-corrected chi connectivity index (χ2v) is 15.2. The molecule has 10 rings (SSSR count). The van der Waals surface area contributed by atoms with Crippen molar-refractivity contribution in [1.29, 1.82) is 0 Å². The lowest BCUT2D eigenvalue weighted by Crippen LogP contribution is -2.26. The van der Waals surface area contributed by atoms with E-state index in [2.05, 4.69) is 231 Å². The third-order valence-electron chi connectivity index (χ3n) is 11.7. The van der Waals surface area contributed by atoms with E-state index in [0.29, 0.717) is 0 Å². The molecule has 0 amide bonds. The van der Waals surface area contributed by atoms with Crippen LogP contribution in [0.1, 0.15) is 74.0 Å². The second kappa shape index (κ2) is 14.9. The van der Waals surface area contributed by atoms with Gasteiger partial charge in [0.05, 0.1) is 5.41 Å². The molecule has 0 unspecified atom stereocenters. The fraction of sp³-hybridized carbons (Fsp3) is 0.0526. The van der Waals surface area contributed by atoms with Crippen LogP contribution in [0.4, 0.5) is 0 Å². The first-order chi connectivity index (χ1) is 28.2. The van der Waals surface area contributed by atoms with E-state index >= 15 is 0 Å². The maximum atomic E-state index is 2.47. The lowest BCUT2D eigenvalue weighted by atomic mass is 9.69. The number of hydrogen-bond donors (Lipinski definition) is 0. The quantitative estimate of drug-likeness (QED) is 0.137. The van der Waals surface area contributed by atoms with Crippen LogP contribution in [0.5, 0.6) is 0 Å². The molecule has 0 bridgehead atoms. The Morgan fingerprint density at radius 3 is 1.00 bits per heavy atom. The molecule has 0 heterocycles. The number of benzene rings is 7. The highest BCUT2D eigenvalue weighted by molar-refractivity contribution is 5.97. The van der Waals surface area contributed by atoms with Gasteiger partial charge < -0.3 is 0 Å². The van der Waals surface area contributed by atoms with Crippen LogP contribution in [0.3, 0.4) is 0 Å². The summed E-state index contributed by atoms with van der Waals surface area (Å²) in [4.78, 5) is 0. The SMILES string of the molecule is C1=CCCC(C=Cc2ccc3c(c2)C2(c4cc(C=Cc5ccccc5)ccc4-3)c3cc(C=Cc4ccccc4)ccc3-c3ccc(C=Cc4ccccc4)cc32)=C1. The summed E-state index contributed by atoms with van der Waals surface area (Å²) in [5, 5.41) is 0. The molecule has 0 aliphatic heterocycles. The summed E-state index contributed by atoms with van der Waals surface area (Å²) < 4.78 is 0. The van der Waals surface area contributed by atoms with E-state index in [9.17, 15) is 0 Å². The van der Waals surface area contributed by atoms with Crippen LogP contribution in [0, 0.1) is 0 Å². The third-order valence-corrected chi connectivity index (χ3v) is 11.7. The largest absolute Gasteiger partial charge is 0.0842 e. The van der Waals surface area contributed by atoms with Gasteiger partial charge in [0.2, 0.25) is 0 Å². The predicted molar refractivity (Wildman–Crippen MR) is 244 cm³/mol. The van der Waals surface area contributed by atoms with Crippen molar-refractivity contribution < 1.29 is 0 Å². The van der Waals surface area contributed by atoms with E-state index in [1.807, 2.05) is 0 Å². The van der Waals surface area contributed by atoms with Crippen LogP contribution in [-0.4, -0.2) is 0 Å². The molecule has 0 atom stereocenters. The van der Waals surface area contributed by atoms with Crippen LogP contribution >= 0.6 is 0 Å². The van der Waals surface area contributed by atoms with Gasteiger partial charge in [-0.25, -0.2) is 0 Å². The first kappa shape index (κ1) is 34.5. The second-order valence-electron chi connectivity index (χ2n) is 15.2. The molecule has 0 nitrogen and oxygen atoms in total. The molecule has 57 heavy (non-hydrogen) atoms. The zero-order valence-corrected chi connectivity index (χ0v) is 31.9. The van der Waals surface area contributed by atoms with Crippen molar-refractivity contribution in [3.8, 4) is 22.3 Å². The smallest absolute Gasteiger partial charge is 0.0726 e. The summed E-state index contributed by atoms with van der Waals surface area (Å²) in [5.41, 5.74) is 19.8. The van der Waals surface area contributed by atoms with Crippen molar-refractivity contribution in [3.63, 3.8) is 0 Å². The Kier molecular flexibility index (Phi) is 9.01. The highest BCUT2D eigenvalue weighted by atomic mass is 14.5. The summed E-state index contributed by atoms with van der Waals surface area (Å²) >= 11 is 0. The highest BCUT2D eigenvalue weighted by Crippen LogP contribution is 2.63. The number of hydrogen-bond acceptors (Lipinski definition) is 0. The number of allylic oxidation sites excluding steroid dienone is 5. The summed E-state index contributed by atoms with van der Waals surface area (Å²) in [6, 6.07) is 60.2. The number of rotatable bonds is 8. The Bertz CT molecular complexity index is 2620. The maximum absolute atomic E-state index is 2.47. The summed E-state index contributed by atoms with van der Waals surface area (Å²) in [5.74, 6) is 0. The van der Waals surface area contributed by atoms with Gasteiger partial charge in [0.25, 0.3) is 0 Å². The molecule has 0 saturated carbocycles. The van der Waals surface area contributed by atoms with Gasteiger partial charge >= 0.3 is 0 Å². The van der Waals surface area contributed by atoms with Crippen molar-refractivity contribution in [1.82, 2.24) is 0 Å². The average Bonchev–Trinajstić information content (AvgIpc) is 3.73. The molecule has 7 aromatic carbocycles. The topological polar surface area (TPSA) is 0 Å². The molecule has 7 aromatic rings. The zero-order valence-electron chi connectivity index (χ0n) is 31.9. The van der Waals surface area contributed by atoms with Gasteiger partial charge in [-0.05, 0) is 126 Å². The minimum absolute atomic E-state index is 0.518. The molecule has 270 valence electrons. The summed E-state index contributed by atoms with van der Waals surface area (Å²) in [7, 11) is 0. The van der Waals surface area contributed by atoms with Crippen LogP contribution in [-0.2, 0) is 5.41 Å². The lowest BCUT2D eigenvalue weighted by molar-refractivity contribution is 0.792. The van der Waals surface area contributed by atoms with Crippen molar-refractivity contribution >= 4 is 42.5 Å². The molecule has 0 aromatic heterocycles. The fourth-order valence-electron chi connectivity index (χ4n) is 8.95. The Labute approximate surface area is 336 Å². The van der Waals surface area contributed by atoms with Gasteiger partial charge in [0.15, 0.2) is 0 Å². The van der Waals surface area contributed by atoms with Crippen molar-refractivity contribution in [3.05, 3.63) is 255 Å². The normalized spacial score (nSPS) is 16.5.